The quantitative estimate of drug-likeness (QED) is 0.719. The van der Waals surface area contributed by atoms with Crippen molar-refractivity contribution in [1.29, 1.82) is 0 Å². The molecule has 1 aromatic heterocycles. The van der Waals surface area contributed by atoms with Crippen LogP contribution in [0.4, 0.5) is 0 Å². The molecule has 0 fully saturated rings. The molecule has 1 heterocycles. The molecule has 2 aromatic carbocycles. The third-order valence-electron chi connectivity index (χ3n) is 4.46. The van der Waals surface area contributed by atoms with Gasteiger partial charge in [-0.3, -0.25) is 9.78 Å². The van der Waals surface area contributed by atoms with Crippen LogP contribution in [0.3, 0.4) is 0 Å². The van der Waals surface area contributed by atoms with Gasteiger partial charge in [0.15, 0.2) is 0 Å². The number of rotatable bonds is 3. The molecule has 0 radical (unpaired) electrons. The summed E-state index contributed by atoms with van der Waals surface area (Å²) in [7, 11) is 1.85. The van der Waals surface area contributed by atoms with Crippen LogP contribution in [0.5, 0.6) is 0 Å². The van der Waals surface area contributed by atoms with Crippen molar-refractivity contribution >= 4 is 16.7 Å². The highest BCUT2D eigenvalue weighted by atomic mass is 16.2. The Bertz CT molecular complexity index is 843. The fourth-order valence-corrected chi connectivity index (χ4v) is 2.87. The molecule has 3 nitrogen and oxygen atoms in total. The fourth-order valence-electron chi connectivity index (χ4n) is 2.87. The number of hydrogen-bond acceptors (Lipinski definition) is 2. The van der Waals surface area contributed by atoms with E-state index in [1.807, 2.05) is 56.4 Å². The van der Waals surface area contributed by atoms with Gasteiger partial charge in [0.25, 0.3) is 5.91 Å². The van der Waals surface area contributed by atoms with Gasteiger partial charge in [-0.1, -0.05) is 30.3 Å². The molecule has 0 saturated heterocycles. The lowest BCUT2D eigenvalue weighted by Crippen LogP contribution is -2.29. The zero-order valence-corrected chi connectivity index (χ0v) is 13.7. The van der Waals surface area contributed by atoms with Gasteiger partial charge in [0.05, 0.1) is 6.04 Å². The van der Waals surface area contributed by atoms with Crippen molar-refractivity contribution in [3.8, 4) is 0 Å². The summed E-state index contributed by atoms with van der Waals surface area (Å²) < 4.78 is 0. The van der Waals surface area contributed by atoms with Crippen molar-refractivity contribution in [3.63, 3.8) is 0 Å². The molecule has 0 spiro atoms. The number of hydrogen-bond donors (Lipinski definition) is 0. The maximum absolute atomic E-state index is 13.0. The van der Waals surface area contributed by atoms with E-state index in [1.54, 1.807) is 17.3 Å². The maximum atomic E-state index is 13.0. The molecule has 0 aliphatic rings. The highest BCUT2D eigenvalue weighted by molar-refractivity contribution is 6.07. The van der Waals surface area contributed by atoms with Crippen LogP contribution in [0.15, 0.2) is 60.9 Å². The van der Waals surface area contributed by atoms with E-state index in [9.17, 15) is 4.79 Å². The Labute approximate surface area is 136 Å². The largest absolute Gasteiger partial charge is 0.335 e. The molecule has 0 bridgehead atoms. The predicted molar refractivity (Wildman–Crippen MR) is 93.4 cm³/mol. The summed E-state index contributed by atoms with van der Waals surface area (Å²) in [5, 5.41) is 2.13. The van der Waals surface area contributed by atoms with Gasteiger partial charge in [0, 0.05) is 25.0 Å². The van der Waals surface area contributed by atoms with Crippen molar-refractivity contribution < 1.29 is 4.79 Å². The maximum Gasteiger partial charge on any atom is 0.254 e. The van der Waals surface area contributed by atoms with E-state index in [2.05, 4.69) is 18.0 Å². The van der Waals surface area contributed by atoms with E-state index in [0.29, 0.717) is 0 Å². The lowest BCUT2D eigenvalue weighted by molar-refractivity contribution is 0.0744. The lowest BCUT2D eigenvalue weighted by atomic mass is 9.99. The molecular formula is C20H20N2O. The number of nitrogens with zero attached hydrogens (tertiary/aromatic N) is 2. The van der Waals surface area contributed by atoms with E-state index in [0.717, 1.165) is 21.9 Å². The summed E-state index contributed by atoms with van der Waals surface area (Å²) in [6, 6.07) is 15.9. The monoisotopic (exact) mass is 304 g/mol. The van der Waals surface area contributed by atoms with Crippen LogP contribution in [-0.2, 0) is 0 Å². The first kappa shape index (κ1) is 15.2. The highest BCUT2D eigenvalue weighted by Crippen LogP contribution is 2.26. The second-order valence-electron chi connectivity index (χ2n) is 5.85. The van der Waals surface area contributed by atoms with Crippen molar-refractivity contribution in [2.45, 2.75) is 19.9 Å². The minimum Gasteiger partial charge on any atom is -0.335 e. The van der Waals surface area contributed by atoms with Gasteiger partial charge in [-0.05, 0) is 53.9 Å². The third kappa shape index (κ3) is 2.82. The minimum atomic E-state index is -0.00874. The number of benzene rings is 2. The van der Waals surface area contributed by atoms with E-state index < -0.39 is 0 Å². The van der Waals surface area contributed by atoms with Crippen molar-refractivity contribution in [2.24, 2.45) is 0 Å². The number of carbonyl (C=O) groups excluding carboxylic acids is 1. The molecular weight excluding hydrogens is 284 g/mol. The molecule has 3 rings (SSSR count). The van der Waals surface area contributed by atoms with Crippen molar-refractivity contribution in [3.05, 3.63) is 77.6 Å². The number of amides is 1. The predicted octanol–water partition coefficient (Wildman–Crippen LogP) is 4.38. The van der Waals surface area contributed by atoms with Crippen molar-refractivity contribution in [1.82, 2.24) is 9.88 Å². The molecule has 23 heavy (non-hydrogen) atoms. The molecule has 0 N–H and O–H groups in total. The average molecular weight is 304 g/mol. The normalized spacial score (nSPS) is 12.1. The minimum absolute atomic E-state index is 0.00874. The van der Waals surface area contributed by atoms with Crippen LogP contribution in [0, 0.1) is 6.92 Å². The van der Waals surface area contributed by atoms with Crippen LogP contribution in [-0.4, -0.2) is 22.8 Å². The van der Waals surface area contributed by atoms with Gasteiger partial charge in [0.2, 0.25) is 0 Å². The molecule has 116 valence electrons. The molecule has 3 aromatic rings. The Morgan fingerprint density at radius 1 is 1.00 bits per heavy atom. The summed E-state index contributed by atoms with van der Waals surface area (Å²) in [5.74, 6) is 0.0329. The van der Waals surface area contributed by atoms with E-state index in [4.69, 9.17) is 0 Å². The molecule has 0 aliphatic carbocycles. The number of aryl methyl sites for hydroxylation is 1. The molecule has 0 unspecified atom stereocenters. The molecule has 3 heteroatoms. The number of fused-ring (bicyclic) bond motifs is 1. The van der Waals surface area contributed by atoms with Crippen LogP contribution in [0.2, 0.25) is 0 Å². The highest BCUT2D eigenvalue weighted by Gasteiger charge is 2.20. The number of carbonyl (C=O) groups is 1. The van der Waals surface area contributed by atoms with Gasteiger partial charge in [0.1, 0.15) is 0 Å². The van der Waals surface area contributed by atoms with Gasteiger partial charge in [-0.25, -0.2) is 0 Å². The zero-order valence-electron chi connectivity index (χ0n) is 13.7. The van der Waals surface area contributed by atoms with Gasteiger partial charge >= 0.3 is 0 Å². The molecule has 0 aliphatic heterocycles. The first-order valence-electron chi connectivity index (χ1n) is 7.75. The van der Waals surface area contributed by atoms with E-state index in [-0.39, 0.29) is 11.9 Å². The molecule has 0 saturated carbocycles. The van der Waals surface area contributed by atoms with Crippen LogP contribution in [0.25, 0.3) is 10.8 Å². The van der Waals surface area contributed by atoms with Crippen LogP contribution < -0.4 is 0 Å². The summed E-state index contributed by atoms with van der Waals surface area (Å²) >= 11 is 0. The van der Waals surface area contributed by atoms with E-state index in [1.165, 1.54) is 5.56 Å². The SMILES string of the molecule is Cc1ccc(C(=O)N(C)[C@@H](C)c2ccncc2)c2ccccc12. The molecule has 1 atom stereocenters. The van der Waals surface area contributed by atoms with Gasteiger partial charge < -0.3 is 4.90 Å². The third-order valence-corrected chi connectivity index (χ3v) is 4.46. The van der Waals surface area contributed by atoms with Crippen LogP contribution >= 0.6 is 0 Å². The topological polar surface area (TPSA) is 33.2 Å². The number of aromatic nitrogens is 1. The first-order chi connectivity index (χ1) is 11.1. The lowest BCUT2D eigenvalue weighted by Gasteiger charge is -2.26. The second-order valence-corrected chi connectivity index (χ2v) is 5.85. The van der Waals surface area contributed by atoms with Gasteiger partial charge in [-0.2, -0.15) is 0 Å². The van der Waals surface area contributed by atoms with E-state index >= 15 is 0 Å². The Kier molecular flexibility index (Phi) is 4.11. The Morgan fingerprint density at radius 3 is 2.35 bits per heavy atom. The Balaban J connectivity index is 1.99. The standard InChI is InChI=1S/C20H20N2O/c1-14-8-9-19(18-7-5-4-6-17(14)18)20(23)22(3)15(2)16-10-12-21-13-11-16/h4-13,15H,1-3H3/t15-/m0/s1. The van der Waals surface area contributed by atoms with Gasteiger partial charge in [-0.15, -0.1) is 0 Å². The summed E-state index contributed by atoms with van der Waals surface area (Å²) in [5.41, 5.74) is 3.00. The second kappa shape index (κ2) is 6.21. The van der Waals surface area contributed by atoms with Crippen molar-refractivity contribution in [2.75, 3.05) is 7.05 Å². The smallest absolute Gasteiger partial charge is 0.254 e. The first-order valence-corrected chi connectivity index (χ1v) is 7.75. The van der Waals surface area contributed by atoms with Crippen LogP contribution in [0.1, 0.15) is 34.5 Å². The zero-order chi connectivity index (χ0) is 16.4. The summed E-state index contributed by atoms with van der Waals surface area (Å²) in [4.78, 5) is 18.8. The Morgan fingerprint density at radius 2 is 1.65 bits per heavy atom. The Hall–Kier alpha value is -2.68. The summed E-state index contributed by atoms with van der Waals surface area (Å²) in [6.07, 6.45) is 3.51. The average Bonchev–Trinajstić information content (AvgIpc) is 2.61. The molecule has 1 amide bonds. The number of pyridine rings is 1. The fraction of sp³-hybridized carbons (Fsp3) is 0.200. The summed E-state index contributed by atoms with van der Waals surface area (Å²) in [6.45, 7) is 4.10.